The Bertz CT molecular complexity index is 610. The number of ether oxygens (including phenoxy) is 1. The molecule has 1 fully saturated rings. The number of aromatic nitrogens is 1. The van der Waals surface area contributed by atoms with E-state index in [1.807, 2.05) is 24.3 Å². The number of pyridine rings is 1. The first-order chi connectivity index (χ1) is 10.3. The van der Waals surface area contributed by atoms with E-state index in [1.54, 1.807) is 19.4 Å². The molecule has 0 aliphatic heterocycles. The van der Waals surface area contributed by atoms with Crippen molar-refractivity contribution in [3.63, 3.8) is 0 Å². The molecule has 1 amide bonds. The van der Waals surface area contributed by atoms with Crippen LogP contribution in [0.4, 0.5) is 0 Å². The zero-order chi connectivity index (χ0) is 14.7. The molecule has 0 bridgehead atoms. The number of hydrogen-bond donors (Lipinski definition) is 1. The highest BCUT2D eigenvalue weighted by molar-refractivity contribution is 5.94. The Morgan fingerprint density at radius 1 is 1.29 bits per heavy atom. The highest BCUT2D eigenvalue weighted by Gasteiger charge is 2.39. The summed E-state index contributed by atoms with van der Waals surface area (Å²) in [6, 6.07) is 14.1. The quantitative estimate of drug-likeness (QED) is 0.916. The summed E-state index contributed by atoms with van der Waals surface area (Å²) in [5.41, 5.74) is 2.70. The summed E-state index contributed by atoms with van der Waals surface area (Å²) in [5.74, 6) is 0.380. The van der Waals surface area contributed by atoms with Crippen molar-refractivity contribution in [3.8, 4) is 0 Å². The fourth-order valence-electron chi connectivity index (χ4n) is 2.47. The molecule has 2 aromatic rings. The van der Waals surface area contributed by atoms with Crippen LogP contribution in [0.3, 0.4) is 0 Å². The second kappa shape index (κ2) is 6.06. The van der Waals surface area contributed by atoms with E-state index < -0.39 is 0 Å². The fraction of sp³-hybridized carbons (Fsp3) is 0.294. The van der Waals surface area contributed by atoms with E-state index in [4.69, 9.17) is 4.74 Å². The molecule has 4 heteroatoms. The average Bonchev–Trinajstić information content (AvgIpc) is 3.28. The van der Waals surface area contributed by atoms with Gasteiger partial charge in [0, 0.05) is 25.3 Å². The van der Waals surface area contributed by atoms with Crippen LogP contribution in [-0.4, -0.2) is 24.0 Å². The molecule has 1 heterocycles. The predicted molar refractivity (Wildman–Crippen MR) is 80.0 cm³/mol. The summed E-state index contributed by atoms with van der Waals surface area (Å²) in [5, 5.41) is 3.06. The van der Waals surface area contributed by atoms with Gasteiger partial charge in [-0.2, -0.15) is 0 Å². The van der Waals surface area contributed by atoms with Crippen LogP contribution >= 0.6 is 0 Å². The maximum Gasteiger partial charge on any atom is 0.253 e. The number of hydrogen-bond acceptors (Lipinski definition) is 3. The average molecular weight is 282 g/mol. The maximum absolute atomic E-state index is 12.2. The van der Waals surface area contributed by atoms with Gasteiger partial charge in [0.25, 0.3) is 5.91 Å². The van der Waals surface area contributed by atoms with Gasteiger partial charge in [0.15, 0.2) is 0 Å². The van der Waals surface area contributed by atoms with Crippen molar-refractivity contribution in [3.05, 3.63) is 65.5 Å². The van der Waals surface area contributed by atoms with Gasteiger partial charge >= 0.3 is 0 Å². The molecule has 21 heavy (non-hydrogen) atoms. The zero-order valence-corrected chi connectivity index (χ0v) is 12.0. The van der Waals surface area contributed by atoms with Crippen molar-refractivity contribution in [1.82, 2.24) is 10.3 Å². The number of amides is 1. The molecule has 1 N–H and O–H groups in total. The van der Waals surface area contributed by atoms with Gasteiger partial charge < -0.3 is 10.1 Å². The SMILES string of the molecule is COCc1ccc(C(=O)NC2CC2c2ccccc2)cn1. The maximum atomic E-state index is 12.2. The monoisotopic (exact) mass is 282 g/mol. The molecule has 1 aromatic heterocycles. The minimum absolute atomic E-state index is 0.0603. The van der Waals surface area contributed by atoms with Crippen molar-refractivity contribution in [2.75, 3.05) is 7.11 Å². The van der Waals surface area contributed by atoms with Gasteiger partial charge in [0.1, 0.15) is 0 Å². The normalized spacial score (nSPS) is 20.0. The smallest absolute Gasteiger partial charge is 0.253 e. The molecular weight excluding hydrogens is 264 g/mol. The lowest BCUT2D eigenvalue weighted by atomic mass is 10.1. The second-order valence-corrected chi connectivity index (χ2v) is 5.30. The molecule has 1 aromatic carbocycles. The first kappa shape index (κ1) is 13.8. The predicted octanol–water partition coefficient (Wildman–Crippen LogP) is 2.51. The molecule has 4 nitrogen and oxygen atoms in total. The van der Waals surface area contributed by atoms with Gasteiger partial charge in [-0.1, -0.05) is 30.3 Å². The van der Waals surface area contributed by atoms with Crippen molar-refractivity contribution in [2.24, 2.45) is 0 Å². The van der Waals surface area contributed by atoms with Crippen LogP contribution in [0, 0.1) is 0 Å². The van der Waals surface area contributed by atoms with Gasteiger partial charge in [0.2, 0.25) is 0 Å². The standard InChI is InChI=1S/C17H18N2O2/c1-21-11-14-8-7-13(10-18-14)17(20)19-16-9-15(16)12-5-3-2-4-6-12/h2-8,10,15-16H,9,11H2,1H3,(H,19,20). The number of carbonyl (C=O) groups excluding carboxylic acids is 1. The van der Waals surface area contributed by atoms with Gasteiger partial charge in [0.05, 0.1) is 17.9 Å². The van der Waals surface area contributed by atoms with Crippen LogP contribution in [0.15, 0.2) is 48.7 Å². The third-order valence-corrected chi connectivity index (χ3v) is 3.71. The largest absolute Gasteiger partial charge is 0.378 e. The van der Waals surface area contributed by atoms with Crippen molar-refractivity contribution < 1.29 is 9.53 Å². The Morgan fingerprint density at radius 3 is 2.76 bits per heavy atom. The number of rotatable bonds is 5. The van der Waals surface area contributed by atoms with E-state index in [0.717, 1.165) is 12.1 Å². The lowest BCUT2D eigenvalue weighted by Crippen LogP contribution is -2.26. The molecule has 0 saturated heterocycles. The van der Waals surface area contributed by atoms with E-state index in [1.165, 1.54) is 5.56 Å². The highest BCUT2D eigenvalue weighted by atomic mass is 16.5. The Balaban J connectivity index is 1.58. The third kappa shape index (κ3) is 3.28. The Hall–Kier alpha value is -2.20. The summed E-state index contributed by atoms with van der Waals surface area (Å²) in [4.78, 5) is 16.4. The van der Waals surface area contributed by atoms with Gasteiger partial charge in [-0.05, 0) is 24.1 Å². The van der Waals surface area contributed by atoms with Crippen LogP contribution in [0.2, 0.25) is 0 Å². The van der Waals surface area contributed by atoms with E-state index in [2.05, 4.69) is 22.4 Å². The van der Waals surface area contributed by atoms with Crippen LogP contribution < -0.4 is 5.32 Å². The number of nitrogens with one attached hydrogen (secondary N) is 1. The number of nitrogens with zero attached hydrogens (tertiary/aromatic N) is 1. The molecule has 1 saturated carbocycles. The summed E-state index contributed by atoms with van der Waals surface area (Å²) in [7, 11) is 1.62. The Labute approximate surface area is 124 Å². The van der Waals surface area contributed by atoms with E-state index in [0.29, 0.717) is 18.1 Å². The van der Waals surface area contributed by atoms with Crippen molar-refractivity contribution >= 4 is 5.91 Å². The number of methoxy groups -OCH3 is 1. The summed E-state index contributed by atoms with van der Waals surface area (Å²) in [6.07, 6.45) is 2.61. The molecule has 1 aliphatic carbocycles. The van der Waals surface area contributed by atoms with Gasteiger partial charge in [-0.3, -0.25) is 9.78 Å². The number of carbonyl (C=O) groups is 1. The van der Waals surface area contributed by atoms with Gasteiger partial charge in [-0.25, -0.2) is 0 Å². The Kier molecular flexibility index (Phi) is 3.97. The molecule has 0 spiro atoms. The van der Waals surface area contributed by atoms with Crippen LogP contribution in [0.25, 0.3) is 0 Å². The topological polar surface area (TPSA) is 51.2 Å². The van der Waals surface area contributed by atoms with E-state index in [9.17, 15) is 4.79 Å². The fourth-order valence-corrected chi connectivity index (χ4v) is 2.47. The molecule has 1 aliphatic rings. The zero-order valence-electron chi connectivity index (χ0n) is 12.0. The summed E-state index contributed by atoms with van der Waals surface area (Å²) < 4.78 is 5.00. The first-order valence-electron chi connectivity index (χ1n) is 7.07. The molecule has 0 radical (unpaired) electrons. The van der Waals surface area contributed by atoms with Crippen molar-refractivity contribution in [1.29, 1.82) is 0 Å². The molecule has 2 atom stereocenters. The lowest BCUT2D eigenvalue weighted by Gasteiger charge is -2.05. The molecule has 2 unspecified atom stereocenters. The van der Waals surface area contributed by atoms with Crippen LogP contribution in [-0.2, 0) is 11.3 Å². The van der Waals surface area contributed by atoms with Gasteiger partial charge in [-0.15, -0.1) is 0 Å². The molecule has 108 valence electrons. The third-order valence-electron chi connectivity index (χ3n) is 3.71. The summed E-state index contributed by atoms with van der Waals surface area (Å²) >= 11 is 0. The first-order valence-corrected chi connectivity index (χ1v) is 7.07. The molecule has 3 rings (SSSR count). The number of benzene rings is 1. The summed E-state index contributed by atoms with van der Waals surface area (Å²) in [6.45, 7) is 0.459. The Morgan fingerprint density at radius 2 is 2.10 bits per heavy atom. The minimum atomic E-state index is -0.0603. The molecular formula is C17H18N2O2. The van der Waals surface area contributed by atoms with Crippen molar-refractivity contribution in [2.45, 2.75) is 25.0 Å². The second-order valence-electron chi connectivity index (χ2n) is 5.30. The highest BCUT2D eigenvalue weighted by Crippen LogP contribution is 2.40. The lowest BCUT2D eigenvalue weighted by molar-refractivity contribution is 0.0949. The van der Waals surface area contributed by atoms with Crippen LogP contribution in [0.1, 0.15) is 34.0 Å². The van der Waals surface area contributed by atoms with E-state index >= 15 is 0 Å². The minimum Gasteiger partial charge on any atom is -0.378 e. The van der Waals surface area contributed by atoms with E-state index in [-0.39, 0.29) is 11.9 Å². The van der Waals surface area contributed by atoms with Crippen LogP contribution in [0.5, 0.6) is 0 Å².